The van der Waals surface area contributed by atoms with Crippen LogP contribution in [-0.2, 0) is 9.84 Å². The molecular formula is C9H19NO2S. The van der Waals surface area contributed by atoms with Crippen LogP contribution >= 0.6 is 0 Å². The van der Waals surface area contributed by atoms with E-state index in [1.54, 1.807) is 0 Å². The zero-order valence-corrected chi connectivity index (χ0v) is 9.23. The smallest absolute Gasteiger partial charge is 0.150 e. The molecule has 1 aliphatic rings. The first kappa shape index (κ1) is 11.0. The first-order valence-corrected chi connectivity index (χ1v) is 6.60. The maximum atomic E-state index is 11.1. The summed E-state index contributed by atoms with van der Waals surface area (Å²) in [6, 6.07) is 0. The van der Waals surface area contributed by atoms with Crippen LogP contribution in [0.4, 0.5) is 0 Å². The normalized spacial score (nSPS) is 27.8. The highest BCUT2D eigenvalue weighted by Crippen LogP contribution is 2.24. The van der Waals surface area contributed by atoms with E-state index in [-0.39, 0.29) is 5.54 Å². The molecule has 0 aromatic carbocycles. The van der Waals surface area contributed by atoms with Crippen LogP contribution in [0.25, 0.3) is 0 Å². The van der Waals surface area contributed by atoms with Crippen molar-refractivity contribution in [3.05, 3.63) is 0 Å². The van der Waals surface area contributed by atoms with Crippen molar-refractivity contribution >= 4 is 9.84 Å². The quantitative estimate of drug-likeness (QED) is 0.746. The Balaban J connectivity index is 2.34. The largest absolute Gasteiger partial charge is 0.326 e. The first-order valence-electron chi connectivity index (χ1n) is 4.78. The summed E-state index contributed by atoms with van der Waals surface area (Å²) in [7, 11) is -2.70. The van der Waals surface area contributed by atoms with Crippen molar-refractivity contribution in [1.82, 2.24) is 0 Å². The van der Waals surface area contributed by atoms with Gasteiger partial charge in [-0.25, -0.2) is 8.42 Å². The predicted octanol–water partition coefficient (Wildman–Crippen LogP) is 0.939. The second-order valence-electron chi connectivity index (χ2n) is 4.80. The minimum atomic E-state index is -2.70. The van der Waals surface area contributed by atoms with Crippen molar-refractivity contribution < 1.29 is 8.42 Å². The van der Waals surface area contributed by atoms with Gasteiger partial charge in [-0.1, -0.05) is 0 Å². The lowest BCUT2D eigenvalue weighted by Gasteiger charge is -2.19. The van der Waals surface area contributed by atoms with Gasteiger partial charge in [0.25, 0.3) is 0 Å². The van der Waals surface area contributed by atoms with E-state index in [2.05, 4.69) is 0 Å². The van der Waals surface area contributed by atoms with E-state index in [1.165, 1.54) is 0 Å². The van der Waals surface area contributed by atoms with E-state index in [1.807, 2.05) is 13.8 Å². The molecule has 0 saturated carbocycles. The van der Waals surface area contributed by atoms with Crippen molar-refractivity contribution in [1.29, 1.82) is 0 Å². The second kappa shape index (κ2) is 3.58. The molecule has 1 heterocycles. The van der Waals surface area contributed by atoms with Gasteiger partial charge in [-0.05, 0) is 39.0 Å². The van der Waals surface area contributed by atoms with Crippen molar-refractivity contribution in [2.45, 2.75) is 38.6 Å². The van der Waals surface area contributed by atoms with Crippen LogP contribution in [0, 0.1) is 5.92 Å². The van der Waals surface area contributed by atoms with E-state index in [0.717, 1.165) is 19.3 Å². The molecule has 1 fully saturated rings. The molecule has 1 rings (SSSR count). The van der Waals surface area contributed by atoms with Gasteiger partial charge in [0, 0.05) is 5.54 Å². The van der Waals surface area contributed by atoms with Crippen LogP contribution in [0.3, 0.4) is 0 Å². The van der Waals surface area contributed by atoms with Gasteiger partial charge in [0.2, 0.25) is 0 Å². The van der Waals surface area contributed by atoms with Crippen molar-refractivity contribution in [2.24, 2.45) is 11.7 Å². The lowest BCUT2D eigenvalue weighted by atomic mass is 9.93. The third-order valence-corrected chi connectivity index (χ3v) is 4.36. The Kier molecular flexibility index (Phi) is 3.02. The summed E-state index contributed by atoms with van der Waals surface area (Å²) in [5.41, 5.74) is 5.67. The second-order valence-corrected chi connectivity index (χ2v) is 7.03. The van der Waals surface area contributed by atoms with Crippen LogP contribution < -0.4 is 5.73 Å². The van der Waals surface area contributed by atoms with Crippen molar-refractivity contribution in [3.8, 4) is 0 Å². The Morgan fingerprint density at radius 3 is 2.46 bits per heavy atom. The predicted molar refractivity (Wildman–Crippen MR) is 54.3 cm³/mol. The van der Waals surface area contributed by atoms with E-state index in [0.29, 0.717) is 17.4 Å². The summed E-state index contributed by atoms with van der Waals surface area (Å²) in [5.74, 6) is 1.11. The van der Waals surface area contributed by atoms with E-state index >= 15 is 0 Å². The van der Waals surface area contributed by atoms with Crippen LogP contribution in [0.2, 0.25) is 0 Å². The minimum absolute atomic E-state index is 0.160. The van der Waals surface area contributed by atoms with E-state index < -0.39 is 9.84 Å². The maximum absolute atomic E-state index is 11.1. The molecule has 0 aromatic rings. The SMILES string of the molecule is CC(C)(N)CCC1CCS(=O)(=O)C1. The van der Waals surface area contributed by atoms with Gasteiger partial charge >= 0.3 is 0 Å². The summed E-state index contributed by atoms with van der Waals surface area (Å²) in [6.07, 6.45) is 2.69. The summed E-state index contributed by atoms with van der Waals surface area (Å²) < 4.78 is 22.3. The lowest BCUT2D eigenvalue weighted by Crippen LogP contribution is -2.32. The average molecular weight is 205 g/mol. The zero-order valence-electron chi connectivity index (χ0n) is 8.41. The highest BCUT2D eigenvalue weighted by atomic mass is 32.2. The maximum Gasteiger partial charge on any atom is 0.150 e. The molecule has 0 radical (unpaired) electrons. The highest BCUT2D eigenvalue weighted by molar-refractivity contribution is 7.91. The molecule has 1 aliphatic heterocycles. The number of hydrogen-bond acceptors (Lipinski definition) is 3. The summed E-state index contributed by atoms with van der Waals surface area (Å²) in [4.78, 5) is 0. The number of hydrogen-bond donors (Lipinski definition) is 1. The van der Waals surface area contributed by atoms with Gasteiger partial charge in [-0.2, -0.15) is 0 Å². The fourth-order valence-corrected chi connectivity index (χ4v) is 3.59. The topological polar surface area (TPSA) is 60.2 Å². The van der Waals surface area contributed by atoms with Crippen LogP contribution in [-0.4, -0.2) is 25.5 Å². The molecule has 13 heavy (non-hydrogen) atoms. The van der Waals surface area contributed by atoms with Crippen LogP contribution in [0.1, 0.15) is 33.1 Å². The van der Waals surface area contributed by atoms with Crippen molar-refractivity contribution in [2.75, 3.05) is 11.5 Å². The van der Waals surface area contributed by atoms with Crippen molar-refractivity contribution in [3.63, 3.8) is 0 Å². The summed E-state index contributed by atoms with van der Waals surface area (Å²) in [5, 5.41) is 0. The molecule has 0 aromatic heterocycles. The Bertz CT molecular complexity index is 264. The molecule has 78 valence electrons. The fraction of sp³-hybridized carbons (Fsp3) is 1.00. The molecule has 0 bridgehead atoms. The number of rotatable bonds is 3. The van der Waals surface area contributed by atoms with Gasteiger partial charge in [0.15, 0.2) is 9.84 Å². The monoisotopic (exact) mass is 205 g/mol. The lowest BCUT2D eigenvalue weighted by molar-refractivity contribution is 0.403. The Labute approximate surface area is 80.6 Å². The minimum Gasteiger partial charge on any atom is -0.326 e. The number of sulfone groups is 1. The molecule has 1 unspecified atom stereocenters. The van der Waals surface area contributed by atoms with E-state index in [4.69, 9.17) is 5.73 Å². The van der Waals surface area contributed by atoms with Gasteiger partial charge in [0.05, 0.1) is 11.5 Å². The fourth-order valence-electron chi connectivity index (χ4n) is 1.68. The molecular weight excluding hydrogens is 186 g/mol. The van der Waals surface area contributed by atoms with Crippen LogP contribution in [0.15, 0.2) is 0 Å². The molecule has 4 heteroatoms. The van der Waals surface area contributed by atoms with E-state index in [9.17, 15) is 8.42 Å². The average Bonchev–Trinajstić information content (AvgIpc) is 2.24. The highest BCUT2D eigenvalue weighted by Gasteiger charge is 2.28. The third kappa shape index (κ3) is 4.09. The molecule has 0 aliphatic carbocycles. The molecule has 0 amide bonds. The standard InChI is InChI=1S/C9H19NO2S/c1-9(2,10)5-3-8-4-6-13(11,12)7-8/h8H,3-7,10H2,1-2H3. The van der Waals surface area contributed by atoms with Crippen LogP contribution in [0.5, 0.6) is 0 Å². The zero-order chi connectivity index (χ0) is 10.1. The molecule has 0 spiro atoms. The molecule has 2 N–H and O–H groups in total. The molecule has 1 saturated heterocycles. The Morgan fingerprint density at radius 1 is 1.46 bits per heavy atom. The van der Waals surface area contributed by atoms with Gasteiger partial charge in [0.1, 0.15) is 0 Å². The Morgan fingerprint density at radius 2 is 2.08 bits per heavy atom. The number of nitrogens with two attached hydrogens (primary N) is 1. The summed E-state index contributed by atoms with van der Waals surface area (Å²) in [6.45, 7) is 3.97. The molecule has 3 nitrogen and oxygen atoms in total. The Hall–Kier alpha value is -0.0900. The first-order chi connectivity index (χ1) is 5.79. The van der Waals surface area contributed by atoms with Gasteiger partial charge in [-0.3, -0.25) is 0 Å². The van der Waals surface area contributed by atoms with Gasteiger partial charge < -0.3 is 5.73 Å². The molecule has 1 atom stereocenters. The van der Waals surface area contributed by atoms with Gasteiger partial charge in [-0.15, -0.1) is 0 Å². The third-order valence-electron chi connectivity index (χ3n) is 2.52. The summed E-state index contributed by atoms with van der Waals surface area (Å²) >= 11 is 0.